The summed E-state index contributed by atoms with van der Waals surface area (Å²) in [5.41, 5.74) is 0. The van der Waals surface area contributed by atoms with E-state index in [4.69, 9.17) is 11.6 Å². The maximum atomic E-state index is 11.4. The van der Waals surface area contributed by atoms with Gasteiger partial charge in [0.1, 0.15) is 0 Å². The van der Waals surface area contributed by atoms with Crippen molar-refractivity contribution in [1.82, 2.24) is 4.90 Å². The highest BCUT2D eigenvalue weighted by Gasteiger charge is 2.33. The van der Waals surface area contributed by atoms with Crippen LogP contribution < -0.4 is 0 Å². The number of imide groups is 1. The second kappa shape index (κ2) is 3.73. The van der Waals surface area contributed by atoms with Crippen molar-refractivity contribution >= 4 is 23.4 Å². The molecule has 4 heteroatoms. The molecule has 0 saturated heterocycles. The van der Waals surface area contributed by atoms with E-state index in [1.807, 2.05) is 0 Å². The number of rotatable bonds is 1. The highest BCUT2D eigenvalue weighted by atomic mass is 35.5. The fraction of sp³-hybridized carbons (Fsp3) is 0.600. The molecule has 1 aliphatic carbocycles. The van der Waals surface area contributed by atoms with Crippen molar-refractivity contribution in [3.8, 4) is 0 Å². The van der Waals surface area contributed by atoms with Crippen LogP contribution in [0.1, 0.15) is 25.7 Å². The van der Waals surface area contributed by atoms with E-state index in [2.05, 4.69) is 0 Å². The molecule has 0 spiro atoms. The predicted octanol–water partition coefficient (Wildman–Crippen LogP) is 1.46. The van der Waals surface area contributed by atoms with Crippen LogP contribution in [0.25, 0.3) is 0 Å². The number of carbonyl (C=O) groups excluding carboxylic acids is 2. The first kappa shape index (κ1) is 9.71. The summed E-state index contributed by atoms with van der Waals surface area (Å²) in [5.74, 6) is -0.346. The first-order chi connectivity index (χ1) is 6.68. The minimum Gasteiger partial charge on any atom is -0.272 e. The lowest BCUT2D eigenvalue weighted by atomic mass is 9.94. The minimum absolute atomic E-state index is 0.0694. The van der Waals surface area contributed by atoms with E-state index in [0.717, 1.165) is 25.7 Å². The molecule has 0 aromatic heterocycles. The Morgan fingerprint density at radius 2 is 1.57 bits per heavy atom. The molecule has 76 valence electrons. The maximum Gasteiger partial charge on any atom is 0.253 e. The van der Waals surface area contributed by atoms with Crippen LogP contribution in [0, 0.1) is 0 Å². The van der Waals surface area contributed by atoms with Gasteiger partial charge >= 0.3 is 0 Å². The summed E-state index contributed by atoms with van der Waals surface area (Å²) >= 11 is 5.96. The Morgan fingerprint density at radius 3 is 2.07 bits per heavy atom. The quantitative estimate of drug-likeness (QED) is 0.489. The van der Waals surface area contributed by atoms with Gasteiger partial charge in [-0.3, -0.25) is 14.5 Å². The number of hydrogen-bond donors (Lipinski definition) is 0. The zero-order valence-corrected chi connectivity index (χ0v) is 8.54. The third kappa shape index (κ3) is 1.69. The summed E-state index contributed by atoms with van der Waals surface area (Å²) in [6.07, 6.45) is 6.15. The lowest BCUT2D eigenvalue weighted by molar-refractivity contribution is -0.140. The van der Waals surface area contributed by atoms with Gasteiger partial charge in [0.05, 0.1) is 0 Å². The van der Waals surface area contributed by atoms with Crippen LogP contribution in [0.3, 0.4) is 0 Å². The van der Waals surface area contributed by atoms with Crippen molar-refractivity contribution in [2.75, 3.05) is 0 Å². The molecule has 1 fully saturated rings. The molecule has 0 radical (unpaired) electrons. The molecule has 2 aliphatic rings. The third-order valence-electron chi connectivity index (χ3n) is 2.83. The van der Waals surface area contributed by atoms with Crippen molar-refractivity contribution in [3.05, 3.63) is 12.2 Å². The highest BCUT2D eigenvalue weighted by Crippen LogP contribution is 2.27. The molecule has 0 atom stereocenters. The molecule has 0 bridgehead atoms. The van der Waals surface area contributed by atoms with Crippen molar-refractivity contribution in [1.29, 1.82) is 0 Å². The fourth-order valence-corrected chi connectivity index (χ4v) is 2.32. The van der Waals surface area contributed by atoms with Crippen molar-refractivity contribution in [2.45, 2.75) is 37.1 Å². The molecule has 1 saturated carbocycles. The Bertz CT molecular complexity index is 274. The molecule has 0 aromatic rings. The van der Waals surface area contributed by atoms with Gasteiger partial charge in [0.2, 0.25) is 0 Å². The van der Waals surface area contributed by atoms with Gasteiger partial charge in [-0.05, 0) is 25.7 Å². The molecular weight excluding hydrogens is 202 g/mol. The summed E-state index contributed by atoms with van der Waals surface area (Å²) in [7, 11) is 0. The summed E-state index contributed by atoms with van der Waals surface area (Å²) < 4.78 is 0. The first-order valence-corrected chi connectivity index (χ1v) is 5.31. The predicted molar refractivity (Wildman–Crippen MR) is 52.9 cm³/mol. The smallest absolute Gasteiger partial charge is 0.253 e. The lowest BCUT2D eigenvalue weighted by Crippen LogP contribution is -2.42. The zero-order valence-electron chi connectivity index (χ0n) is 7.78. The molecule has 14 heavy (non-hydrogen) atoms. The molecule has 3 nitrogen and oxygen atoms in total. The van der Waals surface area contributed by atoms with Crippen LogP contribution >= 0.6 is 11.6 Å². The average Bonchev–Trinajstić information content (AvgIpc) is 2.49. The van der Waals surface area contributed by atoms with Crippen molar-refractivity contribution < 1.29 is 9.59 Å². The average molecular weight is 214 g/mol. The minimum atomic E-state index is -0.173. The van der Waals surface area contributed by atoms with Gasteiger partial charge in [-0.15, -0.1) is 11.6 Å². The number of amides is 2. The summed E-state index contributed by atoms with van der Waals surface area (Å²) in [6.45, 7) is 0. The van der Waals surface area contributed by atoms with Crippen LogP contribution in [-0.4, -0.2) is 28.1 Å². The first-order valence-electron chi connectivity index (χ1n) is 4.88. The standard InChI is InChI=1S/C10H12ClNO2/c11-7-1-3-8(4-2-7)12-9(13)5-6-10(12)14/h5-8H,1-4H2. The van der Waals surface area contributed by atoms with Crippen molar-refractivity contribution in [3.63, 3.8) is 0 Å². The van der Waals surface area contributed by atoms with Gasteiger partial charge in [-0.25, -0.2) is 0 Å². The van der Waals surface area contributed by atoms with Gasteiger partial charge in [0, 0.05) is 23.6 Å². The molecule has 0 N–H and O–H groups in total. The lowest BCUT2D eigenvalue weighted by Gasteiger charge is -2.31. The van der Waals surface area contributed by atoms with Crippen LogP contribution in [-0.2, 0) is 9.59 Å². The second-order valence-electron chi connectivity index (χ2n) is 3.79. The SMILES string of the molecule is O=C1C=CC(=O)N1C1CCC(Cl)CC1. The van der Waals surface area contributed by atoms with E-state index >= 15 is 0 Å². The zero-order chi connectivity index (χ0) is 10.1. The van der Waals surface area contributed by atoms with E-state index in [1.54, 1.807) is 0 Å². The summed E-state index contributed by atoms with van der Waals surface area (Å²) in [6, 6.07) is 0.0694. The van der Waals surface area contributed by atoms with Gasteiger partial charge < -0.3 is 0 Å². The molecule has 0 unspecified atom stereocenters. The van der Waals surface area contributed by atoms with Crippen LogP contribution in [0.15, 0.2) is 12.2 Å². The maximum absolute atomic E-state index is 11.4. The second-order valence-corrected chi connectivity index (χ2v) is 4.40. The van der Waals surface area contributed by atoms with Gasteiger partial charge in [-0.2, -0.15) is 0 Å². The van der Waals surface area contributed by atoms with Gasteiger partial charge in [0.25, 0.3) is 11.8 Å². The number of carbonyl (C=O) groups is 2. The summed E-state index contributed by atoms with van der Waals surface area (Å²) in [4.78, 5) is 24.1. The van der Waals surface area contributed by atoms with Gasteiger partial charge in [0.15, 0.2) is 0 Å². The largest absolute Gasteiger partial charge is 0.272 e. The molecule has 0 aromatic carbocycles. The normalized spacial score (nSPS) is 32.8. The Labute approximate surface area is 87.7 Å². The van der Waals surface area contributed by atoms with E-state index in [1.165, 1.54) is 17.1 Å². The molecule has 1 heterocycles. The number of halogens is 1. The molecule has 1 aliphatic heterocycles. The highest BCUT2D eigenvalue weighted by molar-refractivity contribution is 6.20. The van der Waals surface area contributed by atoms with E-state index in [9.17, 15) is 9.59 Å². The Morgan fingerprint density at radius 1 is 1.07 bits per heavy atom. The molecular formula is C10H12ClNO2. The monoisotopic (exact) mass is 213 g/mol. The van der Waals surface area contributed by atoms with Crippen LogP contribution in [0.4, 0.5) is 0 Å². The van der Waals surface area contributed by atoms with Crippen LogP contribution in [0.2, 0.25) is 0 Å². The molecule has 2 rings (SSSR count). The van der Waals surface area contributed by atoms with Gasteiger partial charge in [-0.1, -0.05) is 0 Å². The number of hydrogen-bond acceptors (Lipinski definition) is 2. The van der Waals surface area contributed by atoms with E-state index < -0.39 is 0 Å². The summed E-state index contributed by atoms with van der Waals surface area (Å²) in [5, 5.41) is 0.215. The third-order valence-corrected chi connectivity index (χ3v) is 3.27. The Balaban J connectivity index is 2.02. The van der Waals surface area contributed by atoms with E-state index in [-0.39, 0.29) is 23.2 Å². The topological polar surface area (TPSA) is 37.4 Å². The fourth-order valence-electron chi connectivity index (χ4n) is 2.07. The molecule has 2 amide bonds. The van der Waals surface area contributed by atoms with Crippen LogP contribution in [0.5, 0.6) is 0 Å². The van der Waals surface area contributed by atoms with E-state index in [0.29, 0.717) is 0 Å². The Hall–Kier alpha value is -0.830. The van der Waals surface area contributed by atoms with Crippen molar-refractivity contribution in [2.24, 2.45) is 0 Å². The number of alkyl halides is 1. The Kier molecular flexibility index (Phi) is 2.59. The number of nitrogens with zero attached hydrogens (tertiary/aromatic N) is 1.